The van der Waals surface area contributed by atoms with Gasteiger partial charge in [-0.1, -0.05) is 18.2 Å². The van der Waals surface area contributed by atoms with E-state index in [0.717, 1.165) is 23.0 Å². The van der Waals surface area contributed by atoms with Crippen molar-refractivity contribution in [2.24, 2.45) is 0 Å². The minimum atomic E-state index is -0.0311. The molecule has 1 aliphatic rings. The number of nitrogens with zero attached hydrogens (tertiary/aromatic N) is 2. The quantitative estimate of drug-likeness (QED) is 0.895. The van der Waals surface area contributed by atoms with Crippen molar-refractivity contribution in [2.75, 3.05) is 13.6 Å². The Hall–Kier alpha value is -2.37. The number of aromatic nitrogens is 2. The smallest absolute Gasteiger partial charge is 0.226 e. The van der Waals surface area contributed by atoms with E-state index < -0.39 is 0 Å². The number of rotatable bonds is 3. The molecule has 2 amide bonds. The lowest BCUT2D eigenvalue weighted by molar-refractivity contribution is -0.129. The van der Waals surface area contributed by atoms with Gasteiger partial charge in [0.05, 0.1) is 17.6 Å². The van der Waals surface area contributed by atoms with Crippen LogP contribution in [0.1, 0.15) is 25.0 Å². The van der Waals surface area contributed by atoms with E-state index in [-0.39, 0.29) is 24.3 Å². The summed E-state index contributed by atoms with van der Waals surface area (Å²) in [6.07, 6.45) is 2.28. The Morgan fingerprint density at radius 1 is 1.41 bits per heavy atom. The highest BCUT2D eigenvalue weighted by Crippen LogP contribution is 2.16. The fourth-order valence-electron chi connectivity index (χ4n) is 2.84. The van der Waals surface area contributed by atoms with Crippen molar-refractivity contribution in [1.82, 2.24) is 20.4 Å². The van der Waals surface area contributed by atoms with Gasteiger partial charge in [0, 0.05) is 31.4 Å². The van der Waals surface area contributed by atoms with Crippen molar-refractivity contribution in [1.29, 1.82) is 0 Å². The number of amides is 2. The minimum absolute atomic E-state index is 0.0311. The van der Waals surface area contributed by atoms with E-state index in [1.807, 2.05) is 31.3 Å². The molecule has 116 valence electrons. The number of carbonyl (C=O) groups is 2. The first-order valence-corrected chi connectivity index (χ1v) is 7.59. The van der Waals surface area contributed by atoms with Crippen LogP contribution < -0.4 is 5.32 Å². The van der Waals surface area contributed by atoms with Gasteiger partial charge >= 0.3 is 0 Å². The predicted molar refractivity (Wildman–Crippen MR) is 83.2 cm³/mol. The first-order chi connectivity index (χ1) is 10.6. The second-order valence-corrected chi connectivity index (χ2v) is 5.80. The number of nitrogens with one attached hydrogen (secondary N) is 2. The highest BCUT2D eigenvalue weighted by molar-refractivity contribution is 5.87. The fraction of sp³-hybridized carbons (Fsp3) is 0.438. The SMILES string of the molecule is CN1CCC(NC(=O)Cc2[nH]nc3ccccc23)CCC1=O. The van der Waals surface area contributed by atoms with Gasteiger partial charge < -0.3 is 10.2 Å². The van der Waals surface area contributed by atoms with Crippen LogP contribution in [0.3, 0.4) is 0 Å². The monoisotopic (exact) mass is 300 g/mol. The van der Waals surface area contributed by atoms with Crippen LogP contribution in [0.15, 0.2) is 24.3 Å². The normalized spacial score (nSPS) is 19.2. The molecule has 0 bridgehead atoms. The van der Waals surface area contributed by atoms with Crippen LogP contribution >= 0.6 is 0 Å². The molecule has 6 heteroatoms. The third kappa shape index (κ3) is 3.10. The summed E-state index contributed by atoms with van der Waals surface area (Å²) in [7, 11) is 1.81. The lowest BCUT2D eigenvalue weighted by Gasteiger charge is -2.16. The molecule has 1 aromatic carbocycles. The lowest BCUT2D eigenvalue weighted by Crippen LogP contribution is -2.36. The Morgan fingerprint density at radius 2 is 2.23 bits per heavy atom. The van der Waals surface area contributed by atoms with Gasteiger partial charge in [0.1, 0.15) is 0 Å². The predicted octanol–water partition coefficient (Wildman–Crippen LogP) is 1.23. The molecule has 6 nitrogen and oxygen atoms in total. The second kappa shape index (κ2) is 6.17. The Labute approximate surface area is 128 Å². The van der Waals surface area contributed by atoms with Crippen LogP contribution in [-0.4, -0.2) is 46.5 Å². The molecule has 1 atom stereocenters. The van der Waals surface area contributed by atoms with E-state index in [1.165, 1.54) is 0 Å². The van der Waals surface area contributed by atoms with Crippen LogP contribution in [-0.2, 0) is 16.0 Å². The van der Waals surface area contributed by atoms with Crippen LogP contribution in [0.25, 0.3) is 10.9 Å². The molecule has 2 aromatic rings. The third-order valence-electron chi connectivity index (χ3n) is 4.19. The van der Waals surface area contributed by atoms with E-state index in [2.05, 4.69) is 15.5 Å². The van der Waals surface area contributed by atoms with Gasteiger partial charge in [-0.2, -0.15) is 5.10 Å². The topological polar surface area (TPSA) is 78.1 Å². The minimum Gasteiger partial charge on any atom is -0.353 e. The fourth-order valence-corrected chi connectivity index (χ4v) is 2.84. The molecule has 1 aliphatic heterocycles. The Balaban J connectivity index is 1.62. The van der Waals surface area contributed by atoms with Crippen molar-refractivity contribution >= 4 is 22.7 Å². The number of H-pyrrole nitrogens is 1. The maximum atomic E-state index is 12.2. The molecule has 1 aromatic heterocycles. The summed E-state index contributed by atoms with van der Waals surface area (Å²) in [6.45, 7) is 0.691. The summed E-state index contributed by atoms with van der Waals surface area (Å²) in [6, 6.07) is 7.80. The third-order valence-corrected chi connectivity index (χ3v) is 4.19. The number of fused-ring (bicyclic) bond motifs is 1. The Bertz CT molecular complexity index is 694. The van der Waals surface area contributed by atoms with Gasteiger partial charge in [-0.15, -0.1) is 0 Å². The number of hydrogen-bond acceptors (Lipinski definition) is 3. The molecular weight excluding hydrogens is 280 g/mol. The molecule has 0 radical (unpaired) electrons. The summed E-state index contributed by atoms with van der Waals surface area (Å²) in [5.74, 6) is 0.118. The van der Waals surface area contributed by atoms with Crippen LogP contribution in [0.4, 0.5) is 0 Å². The maximum absolute atomic E-state index is 12.2. The Kier molecular flexibility index (Phi) is 4.09. The molecule has 1 saturated heterocycles. The van der Waals surface area contributed by atoms with Crippen molar-refractivity contribution in [3.63, 3.8) is 0 Å². The lowest BCUT2D eigenvalue weighted by atomic mass is 10.1. The van der Waals surface area contributed by atoms with Gasteiger partial charge in [-0.05, 0) is 18.9 Å². The summed E-state index contributed by atoms with van der Waals surface area (Å²) >= 11 is 0. The number of hydrogen-bond donors (Lipinski definition) is 2. The number of para-hydroxylation sites is 1. The average molecular weight is 300 g/mol. The van der Waals surface area contributed by atoms with E-state index in [9.17, 15) is 9.59 Å². The molecule has 22 heavy (non-hydrogen) atoms. The first-order valence-electron chi connectivity index (χ1n) is 7.59. The largest absolute Gasteiger partial charge is 0.353 e. The summed E-state index contributed by atoms with van der Waals surface area (Å²) in [4.78, 5) is 25.6. The maximum Gasteiger partial charge on any atom is 0.226 e. The number of aromatic amines is 1. The molecule has 0 saturated carbocycles. The van der Waals surface area contributed by atoms with Crippen molar-refractivity contribution in [3.8, 4) is 0 Å². The van der Waals surface area contributed by atoms with E-state index in [0.29, 0.717) is 19.4 Å². The number of carbonyl (C=O) groups excluding carboxylic acids is 2. The highest BCUT2D eigenvalue weighted by Gasteiger charge is 2.21. The van der Waals surface area contributed by atoms with Gasteiger partial charge in [0.15, 0.2) is 0 Å². The highest BCUT2D eigenvalue weighted by atomic mass is 16.2. The van der Waals surface area contributed by atoms with Gasteiger partial charge in [-0.3, -0.25) is 14.7 Å². The summed E-state index contributed by atoms with van der Waals surface area (Å²) < 4.78 is 0. The molecule has 0 spiro atoms. The van der Waals surface area contributed by atoms with Gasteiger partial charge in [0.2, 0.25) is 11.8 Å². The zero-order valence-corrected chi connectivity index (χ0v) is 12.6. The zero-order chi connectivity index (χ0) is 15.5. The van der Waals surface area contributed by atoms with Crippen LogP contribution in [0, 0.1) is 0 Å². The molecule has 2 N–H and O–H groups in total. The van der Waals surface area contributed by atoms with E-state index >= 15 is 0 Å². The molecule has 0 aliphatic carbocycles. The molecule has 2 heterocycles. The number of likely N-dealkylation sites (tertiary alicyclic amines) is 1. The number of benzene rings is 1. The standard InChI is InChI=1S/C16H20N4O2/c1-20-9-8-11(6-7-16(20)22)17-15(21)10-14-12-4-2-3-5-13(12)18-19-14/h2-5,11H,6-10H2,1H3,(H,17,21)(H,18,19). The average Bonchev–Trinajstić information content (AvgIpc) is 2.85. The molecular formula is C16H20N4O2. The van der Waals surface area contributed by atoms with Crippen molar-refractivity contribution in [2.45, 2.75) is 31.7 Å². The summed E-state index contributed by atoms with van der Waals surface area (Å²) in [5, 5.41) is 11.1. The van der Waals surface area contributed by atoms with E-state index in [4.69, 9.17) is 0 Å². The Morgan fingerprint density at radius 3 is 3.09 bits per heavy atom. The van der Waals surface area contributed by atoms with E-state index in [1.54, 1.807) is 4.90 Å². The van der Waals surface area contributed by atoms with Crippen molar-refractivity contribution < 1.29 is 9.59 Å². The summed E-state index contributed by atoms with van der Waals surface area (Å²) in [5.41, 5.74) is 1.70. The molecule has 1 fully saturated rings. The zero-order valence-electron chi connectivity index (χ0n) is 12.6. The molecule has 3 rings (SSSR count). The first kappa shape index (κ1) is 14.6. The second-order valence-electron chi connectivity index (χ2n) is 5.80. The van der Waals surface area contributed by atoms with Crippen LogP contribution in [0.2, 0.25) is 0 Å². The van der Waals surface area contributed by atoms with Gasteiger partial charge in [0.25, 0.3) is 0 Å². The molecule has 1 unspecified atom stereocenters. The van der Waals surface area contributed by atoms with Crippen molar-refractivity contribution in [3.05, 3.63) is 30.0 Å². The van der Waals surface area contributed by atoms with Crippen LogP contribution in [0.5, 0.6) is 0 Å². The van der Waals surface area contributed by atoms with Gasteiger partial charge in [-0.25, -0.2) is 0 Å².